The fourth-order valence-electron chi connectivity index (χ4n) is 3.15. The van der Waals surface area contributed by atoms with Crippen LogP contribution in [0.5, 0.6) is 0 Å². The summed E-state index contributed by atoms with van der Waals surface area (Å²) in [5, 5.41) is 21.1. The molecule has 1 aliphatic heterocycles. The summed E-state index contributed by atoms with van der Waals surface area (Å²) in [6.07, 6.45) is 1.50. The third kappa shape index (κ3) is 2.50. The molecule has 0 saturated carbocycles. The first-order valence-electron chi connectivity index (χ1n) is 7.94. The highest BCUT2D eigenvalue weighted by Crippen LogP contribution is 2.32. The van der Waals surface area contributed by atoms with Crippen molar-refractivity contribution in [3.05, 3.63) is 47.8 Å². The average Bonchev–Trinajstić information content (AvgIpc) is 3.16. The summed E-state index contributed by atoms with van der Waals surface area (Å²) in [6, 6.07) is 8.67. The SMILES string of the molecule is O=C(O)CCCN1C(=O)c2cccc3cc(-n4cnnn4)cc(c23)C1=O. The third-order valence-electron chi connectivity index (χ3n) is 4.30. The van der Waals surface area contributed by atoms with E-state index in [2.05, 4.69) is 15.5 Å². The van der Waals surface area contributed by atoms with E-state index in [9.17, 15) is 14.4 Å². The van der Waals surface area contributed by atoms with E-state index < -0.39 is 17.8 Å². The Labute approximate surface area is 146 Å². The number of carbonyl (C=O) groups is 3. The lowest BCUT2D eigenvalue weighted by Crippen LogP contribution is -2.41. The minimum absolute atomic E-state index is 0.0505. The summed E-state index contributed by atoms with van der Waals surface area (Å²) in [5.74, 6) is -1.82. The minimum Gasteiger partial charge on any atom is -0.481 e. The van der Waals surface area contributed by atoms with Gasteiger partial charge >= 0.3 is 5.97 Å². The van der Waals surface area contributed by atoms with Gasteiger partial charge in [0, 0.05) is 23.9 Å². The van der Waals surface area contributed by atoms with E-state index >= 15 is 0 Å². The number of rotatable bonds is 5. The molecule has 1 aromatic heterocycles. The zero-order valence-electron chi connectivity index (χ0n) is 13.5. The quantitative estimate of drug-likeness (QED) is 0.688. The van der Waals surface area contributed by atoms with E-state index in [1.165, 1.54) is 11.0 Å². The molecule has 2 amide bonds. The Morgan fingerprint density at radius 3 is 2.65 bits per heavy atom. The predicted molar refractivity (Wildman–Crippen MR) is 88.9 cm³/mol. The Kier molecular flexibility index (Phi) is 3.68. The van der Waals surface area contributed by atoms with Crippen LogP contribution in [0.2, 0.25) is 0 Å². The van der Waals surface area contributed by atoms with Gasteiger partial charge in [-0.25, -0.2) is 4.68 Å². The van der Waals surface area contributed by atoms with Crippen LogP contribution in [0, 0.1) is 0 Å². The Morgan fingerprint density at radius 1 is 1.12 bits per heavy atom. The molecular formula is C17H13N5O4. The topological polar surface area (TPSA) is 118 Å². The molecule has 1 aliphatic rings. The van der Waals surface area contributed by atoms with Crippen LogP contribution in [0.15, 0.2) is 36.7 Å². The molecule has 0 fully saturated rings. The Balaban J connectivity index is 1.82. The van der Waals surface area contributed by atoms with Crippen molar-refractivity contribution in [1.82, 2.24) is 25.1 Å². The molecule has 0 spiro atoms. The van der Waals surface area contributed by atoms with Crippen molar-refractivity contribution >= 4 is 28.6 Å². The van der Waals surface area contributed by atoms with Gasteiger partial charge in [-0.3, -0.25) is 19.3 Å². The van der Waals surface area contributed by atoms with Crippen LogP contribution in [0.3, 0.4) is 0 Å². The van der Waals surface area contributed by atoms with Crippen molar-refractivity contribution in [1.29, 1.82) is 0 Å². The lowest BCUT2D eigenvalue weighted by atomic mass is 9.93. The summed E-state index contributed by atoms with van der Waals surface area (Å²) in [5.41, 5.74) is 1.40. The van der Waals surface area contributed by atoms with Gasteiger partial charge in [-0.15, -0.1) is 5.10 Å². The van der Waals surface area contributed by atoms with Gasteiger partial charge in [-0.1, -0.05) is 12.1 Å². The number of aromatic nitrogens is 4. The largest absolute Gasteiger partial charge is 0.481 e. The number of amides is 2. The molecule has 9 heteroatoms. The number of benzene rings is 2. The number of hydrogen-bond donors (Lipinski definition) is 1. The molecule has 0 bridgehead atoms. The van der Waals surface area contributed by atoms with Crippen molar-refractivity contribution in [2.45, 2.75) is 12.8 Å². The second-order valence-electron chi connectivity index (χ2n) is 5.91. The summed E-state index contributed by atoms with van der Waals surface area (Å²) in [4.78, 5) is 37.5. The standard InChI is InChI=1S/C17H13N5O4/c23-14(24)5-2-6-21-16(25)12-4-1-3-10-7-11(22-9-18-19-20-22)8-13(15(10)12)17(21)26/h1,3-4,7-9H,2,5-6H2,(H,23,24). The van der Waals surface area contributed by atoms with Crippen LogP contribution in [0.25, 0.3) is 16.5 Å². The first-order valence-corrected chi connectivity index (χ1v) is 7.94. The van der Waals surface area contributed by atoms with Gasteiger partial charge in [0.15, 0.2) is 0 Å². The van der Waals surface area contributed by atoms with Crippen molar-refractivity contribution in [3.63, 3.8) is 0 Å². The van der Waals surface area contributed by atoms with Crippen LogP contribution < -0.4 is 0 Å². The number of carboxylic acid groups (broad SMARTS) is 1. The molecule has 1 N–H and O–H groups in total. The predicted octanol–water partition coefficient (Wildman–Crippen LogP) is 1.28. The minimum atomic E-state index is -0.967. The molecule has 0 radical (unpaired) electrons. The van der Waals surface area contributed by atoms with Crippen molar-refractivity contribution in [2.24, 2.45) is 0 Å². The van der Waals surface area contributed by atoms with Gasteiger partial charge in [0.1, 0.15) is 6.33 Å². The van der Waals surface area contributed by atoms with E-state index in [1.54, 1.807) is 24.3 Å². The van der Waals surface area contributed by atoms with E-state index in [0.29, 0.717) is 22.2 Å². The molecule has 3 aromatic rings. The Hall–Kier alpha value is -3.62. The maximum absolute atomic E-state index is 12.9. The zero-order valence-corrected chi connectivity index (χ0v) is 13.5. The smallest absolute Gasteiger partial charge is 0.303 e. The molecule has 26 heavy (non-hydrogen) atoms. The molecule has 0 aliphatic carbocycles. The number of tetrazole rings is 1. The van der Waals surface area contributed by atoms with Gasteiger partial charge in [0.05, 0.1) is 11.3 Å². The monoisotopic (exact) mass is 351 g/mol. The van der Waals surface area contributed by atoms with Crippen molar-refractivity contribution in [2.75, 3.05) is 6.54 Å². The van der Waals surface area contributed by atoms with Crippen molar-refractivity contribution in [3.8, 4) is 5.69 Å². The highest BCUT2D eigenvalue weighted by atomic mass is 16.4. The molecular weight excluding hydrogens is 338 g/mol. The number of carboxylic acids is 1. The summed E-state index contributed by atoms with van der Waals surface area (Å²) in [6.45, 7) is 0.0505. The lowest BCUT2D eigenvalue weighted by Gasteiger charge is -2.27. The van der Waals surface area contributed by atoms with Crippen LogP contribution in [-0.4, -0.2) is 54.5 Å². The number of carbonyl (C=O) groups excluding carboxylic acids is 2. The maximum atomic E-state index is 12.9. The number of aliphatic carboxylic acids is 1. The van der Waals surface area contributed by atoms with Gasteiger partial charge < -0.3 is 5.11 Å². The first-order chi connectivity index (χ1) is 12.6. The molecule has 4 rings (SSSR count). The average molecular weight is 351 g/mol. The number of imide groups is 1. The highest BCUT2D eigenvalue weighted by Gasteiger charge is 2.33. The van der Waals surface area contributed by atoms with Crippen LogP contribution in [0.1, 0.15) is 33.6 Å². The zero-order chi connectivity index (χ0) is 18.3. The molecule has 0 atom stereocenters. The van der Waals surface area contributed by atoms with Gasteiger partial charge in [-0.05, 0) is 40.4 Å². The van der Waals surface area contributed by atoms with E-state index in [1.807, 2.05) is 6.07 Å². The molecule has 2 aromatic carbocycles. The number of hydrogen-bond acceptors (Lipinski definition) is 6. The molecule has 0 unspecified atom stereocenters. The second kappa shape index (κ2) is 6.03. The highest BCUT2D eigenvalue weighted by molar-refractivity contribution is 6.25. The van der Waals surface area contributed by atoms with Crippen LogP contribution in [-0.2, 0) is 4.79 Å². The van der Waals surface area contributed by atoms with Gasteiger partial charge in [0.2, 0.25) is 0 Å². The maximum Gasteiger partial charge on any atom is 0.303 e. The Bertz CT molecular complexity index is 1040. The summed E-state index contributed by atoms with van der Waals surface area (Å²) < 4.78 is 1.43. The number of nitrogens with zero attached hydrogens (tertiary/aromatic N) is 5. The molecule has 0 saturated heterocycles. The summed E-state index contributed by atoms with van der Waals surface area (Å²) >= 11 is 0. The van der Waals surface area contributed by atoms with Crippen molar-refractivity contribution < 1.29 is 19.5 Å². The third-order valence-corrected chi connectivity index (χ3v) is 4.30. The first kappa shape index (κ1) is 15.9. The second-order valence-corrected chi connectivity index (χ2v) is 5.91. The van der Waals surface area contributed by atoms with Gasteiger partial charge in [-0.2, -0.15) is 0 Å². The van der Waals surface area contributed by atoms with Crippen LogP contribution in [0.4, 0.5) is 0 Å². The Morgan fingerprint density at radius 2 is 1.92 bits per heavy atom. The lowest BCUT2D eigenvalue weighted by molar-refractivity contribution is -0.137. The fraction of sp³-hybridized carbons (Fsp3) is 0.176. The molecule has 2 heterocycles. The van der Waals surface area contributed by atoms with E-state index in [-0.39, 0.29) is 19.4 Å². The normalized spacial score (nSPS) is 13.5. The fourth-order valence-corrected chi connectivity index (χ4v) is 3.15. The molecule has 130 valence electrons. The van der Waals surface area contributed by atoms with Gasteiger partial charge in [0.25, 0.3) is 11.8 Å². The van der Waals surface area contributed by atoms with Crippen LogP contribution >= 0.6 is 0 Å². The summed E-state index contributed by atoms with van der Waals surface area (Å²) in [7, 11) is 0. The van der Waals surface area contributed by atoms with E-state index in [4.69, 9.17) is 5.11 Å². The van der Waals surface area contributed by atoms with E-state index in [0.717, 1.165) is 10.3 Å². The molecule has 9 nitrogen and oxygen atoms in total.